The van der Waals surface area contributed by atoms with Crippen molar-refractivity contribution in [3.05, 3.63) is 0 Å². The van der Waals surface area contributed by atoms with Crippen LogP contribution in [0, 0.1) is 5.92 Å². The zero-order chi connectivity index (χ0) is 12.1. The molecule has 1 unspecified atom stereocenters. The van der Waals surface area contributed by atoms with E-state index in [1.54, 1.807) is 0 Å². The molecular formula is C11H24NO3+. The molecule has 0 rings (SSSR count). The van der Waals surface area contributed by atoms with Gasteiger partial charge in [-0.15, -0.1) is 0 Å². The number of hydrogen-bond acceptors (Lipinski definition) is 3. The lowest BCUT2D eigenvalue weighted by atomic mass is 10.1. The van der Waals surface area contributed by atoms with Gasteiger partial charge in [0.2, 0.25) is 0 Å². The summed E-state index contributed by atoms with van der Waals surface area (Å²) in [5.41, 5.74) is 0. The molecule has 0 heterocycles. The molecule has 0 saturated carbocycles. The molecule has 0 bridgehead atoms. The highest BCUT2D eigenvalue weighted by Crippen LogP contribution is 2.02. The van der Waals surface area contributed by atoms with Crippen molar-refractivity contribution < 1.29 is 19.1 Å². The monoisotopic (exact) mass is 218 g/mol. The Balaban J connectivity index is 3.71. The van der Waals surface area contributed by atoms with Crippen LogP contribution in [-0.4, -0.2) is 56.0 Å². The maximum Gasteiger partial charge on any atom is 0.306 e. The number of carbonyl (C=O) groups excluding carboxylic acids is 1. The number of ether oxygens (including phenoxy) is 1. The molecule has 0 spiro atoms. The molecule has 0 fully saturated rings. The van der Waals surface area contributed by atoms with E-state index in [2.05, 4.69) is 0 Å². The molecule has 4 heteroatoms. The molecule has 0 aromatic rings. The molecule has 0 aliphatic rings. The van der Waals surface area contributed by atoms with Crippen LogP contribution in [0.3, 0.4) is 0 Å². The minimum Gasteiger partial charge on any atom is -0.463 e. The molecule has 90 valence electrons. The fourth-order valence-corrected chi connectivity index (χ4v) is 1.27. The first kappa shape index (κ1) is 14.4. The van der Waals surface area contributed by atoms with E-state index in [1.807, 2.05) is 35.0 Å². The van der Waals surface area contributed by atoms with Crippen LogP contribution in [0.2, 0.25) is 0 Å². The number of aliphatic hydroxyl groups is 1. The van der Waals surface area contributed by atoms with Crippen LogP contribution in [0.4, 0.5) is 0 Å². The van der Waals surface area contributed by atoms with Crippen LogP contribution in [0.15, 0.2) is 0 Å². The summed E-state index contributed by atoms with van der Waals surface area (Å²) in [5, 5.41) is 9.57. The molecule has 0 saturated heterocycles. The molecule has 0 aromatic heterocycles. The smallest absolute Gasteiger partial charge is 0.306 e. The molecule has 1 atom stereocenters. The summed E-state index contributed by atoms with van der Waals surface area (Å²) in [4.78, 5) is 11.2. The Morgan fingerprint density at radius 3 is 2.27 bits per heavy atom. The third-order valence-corrected chi connectivity index (χ3v) is 1.77. The highest BCUT2D eigenvalue weighted by Gasteiger charge is 2.17. The molecule has 4 nitrogen and oxygen atoms in total. The van der Waals surface area contributed by atoms with Gasteiger partial charge in [0.25, 0.3) is 0 Å². The third kappa shape index (κ3) is 9.69. The van der Waals surface area contributed by atoms with Gasteiger partial charge < -0.3 is 14.3 Å². The van der Waals surface area contributed by atoms with Crippen molar-refractivity contribution in [2.75, 3.05) is 34.3 Å². The van der Waals surface area contributed by atoms with E-state index < -0.39 is 6.10 Å². The number of nitrogens with zero attached hydrogens (tertiary/aromatic N) is 1. The number of esters is 1. The minimum atomic E-state index is -0.582. The Labute approximate surface area is 92.4 Å². The highest BCUT2D eigenvalue weighted by atomic mass is 16.5. The van der Waals surface area contributed by atoms with E-state index in [-0.39, 0.29) is 12.6 Å². The fourth-order valence-electron chi connectivity index (χ4n) is 1.27. The van der Waals surface area contributed by atoms with E-state index in [1.165, 1.54) is 0 Å². The first-order valence-electron chi connectivity index (χ1n) is 5.35. The number of aliphatic hydroxyl groups excluding tert-OH is 1. The van der Waals surface area contributed by atoms with E-state index in [4.69, 9.17) is 4.74 Å². The van der Waals surface area contributed by atoms with Gasteiger partial charge in [0.1, 0.15) is 19.3 Å². The lowest BCUT2D eigenvalue weighted by Gasteiger charge is -2.26. The predicted molar refractivity (Wildman–Crippen MR) is 59.3 cm³/mol. The Morgan fingerprint density at radius 2 is 1.87 bits per heavy atom. The van der Waals surface area contributed by atoms with Crippen molar-refractivity contribution >= 4 is 5.97 Å². The predicted octanol–water partition coefficient (Wildman–Crippen LogP) is 0.643. The van der Waals surface area contributed by atoms with E-state index in [0.717, 1.165) is 0 Å². The maximum atomic E-state index is 11.2. The van der Waals surface area contributed by atoms with Gasteiger partial charge >= 0.3 is 5.97 Å². The van der Waals surface area contributed by atoms with Crippen molar-refractivity contribution in [2.24, 2.45) is 5.92 Å². The summed E-state index contributed by atoms with van der Waals surface area (Å²) < 4.78 is 5.62. The molecule has 0 aromatic carbocycles. The Bertz CT molecular complexity index is 196. The van der Waals surface area contributed by atoms with Gasteiger partial charge in [0.05, 0.1) is 21.1 Å². The fraction of sp³-hybridized carbons (Fsp3) is 0.909. The zero-order valence-electron chi connectivity index (χ0n) is 10.5. The van der Waals surface area contributed by atoms with Gasteiger partial charge in [-0.1, -0.05) is 13.8 Å². The second-order valence-corrected chi connectivity index (χ2v) is 5.41. The second kappa shape index (κ2) is 6.08. The van der Waals surface area contributed by atoms with Gasteiger partial charge in [-0.3, -0.25) is 4.79 Å². The Kier molecular flexibility index (Phi) is 5.83. The number of quaternary nitrogens is 1. The summed E-state index contributed by atoms with van der Waals surface area (Å²) in [5.74, 6) is 0.0681. The summed E-state index contributed by atoms with van der Waals surface area (Å²) in [6.07, 6.45) is -0.169. The highest BCUT2D eigenvalue weighted by molar-refractivity contribution is 5.69. The third-order valence-electron chi connectivity index (χ3n) is 1.77. The molecular weight excluding hydrogens is 194 g/mol. The van der Waals surface area contributed by atoms with Crippen molar-refractivity contribution in [2.45, 2.75) is 26.4 Å². The quantitative estimate of drug-likeness (QED) is 0.526. The average Bonchev–Trinajstić information content (AvgIpc) is 1.96. The van der Waals surface area contributed by atoms with Gasteiger partial charge in [-0.2, -0.15) is 0 Å². The van der Waals surface area contributed by atoms with Crippen molar-refractivity contribution in [3.63, 3.8) is 0 Å². The topological polar surface area (TPSA) is 46.5 Å². The van der Waals surface area contributed by atoms with Gasteiger partial charge in [-0.05, 0) is 5.92 Å². The van der Waals surface area contributed by atoms with Gasteiger partial charge in [0, 0.05) is 6.42 Å². The molecule has 0 aliphatic carbocycles. The molecule has 0 radical (unpaired) electrons. The number of rotatable bonds is 6. The number of carbonyl (C=O) groups is 1. The SMILES string of the molecule is CC(C)CC(=O)OCC(O)C[N+](C)(C)C. The van der Waals surface area contributed by atoms with Crippen LogP contribution < -0.4 is 0 Å². The van der Waals surface area contributed by atoms with Crippen LogP contribution in [0.5, 0.6) is 0 Å². The summed E-state index contributed by atoms with van der Waals surface area (Å²) in [7, 11) is 5.96. The van der Waals surface area contributed by atoms with Crippen molar-refractivity contribution in [3.8, 4) is 0 Å². The second-order valence-electron chi connectivity index (χ2n) is 5.41. The lowest BCUT2D eigenvalue weighted by molar-refractivity contribution is -0.873. The molecule has 1 N–H and O–H groups in total. The van der Waals surface area contributed by atoms with Crippen molar-refractivity contribution in [1.82, 2.24) is 0 Å². The first-order chi connectivity index (χ1) is 6.70. The normalized spacial score (nSPS) is 14.1. The molecule has 0 aliphatic heterocycles. The molecule has 0 amide bonds. The van der Waals surface area contributed by atoms with Crippen molar-refractivity contribution in [1.29, 1.82) is 0 Å². The standard InChI is InChI=1S/C11H24NO3/c1-9(2)6-11(14)15-8-10(13)7-12(3,4)5/h9-10,13H,6-8H2,1-5H3/q+1. The number of likely N-dealkylation sites (N-methyl/N-ethyl adjacent to an activating group) is 1. The van der Waals surface area contributed by atoms with Crippen LogP contribution >= 0.6 is 0 Å². The average molecular weight is 218 g/mol. The summed E-state index contributed by atoms with van der Waals surface area (Å²) in [6.45, 7) is 4.60. The zero-order valence-corrected chi connectivity index (χ0v) is 10.5. The van der Waals surface area contributed by atoms with Crippen LogP contribution in [0.25, 0.3) is 0 Å². The Hall–Kier alpha value is -0.610. The molecule has 15 heavy (non-hydrogen) atoms. The maximum absolute atomic E-state index is 11.2. The summed E-state index contributed by atoms with van der Waals surface area (Å²) in [6, 6.07) is 0. The van der Waals surface area contributed by atoms with Crippen LogP contribution in [-0.2, 0) is 9.53 Å². The van der Waals surface area contributed by atoms with E-state index in [9.17, 15) is 9.90 Å². The number of hydrogen-bond donors (Lipinski definition) is 1. The van der Waals surface area contributed by atoms with E-state index >= 15 is 0 Å². The lowest BCUT2D eigenvalue weighted by Crippen LogP contribution is -2.43. The largest absolute Gasteiger partial charge is 0.463 e. The van der Waals surface area contributed by atoms with E-state index in [0.29, 0.717) is 23.4 Å². The first-order valence-corrected chi connectivity index (χ1v) is 5.35. The summed E-state index contributed by atoms with van der Waals surface area (Å²) >= 11 is 0. The minimum absolute atomic E-state index is 0.0983. The van der Waals surface area contributed by atoms with Gasteiger partial charge in [-0.25, -0.2) is 0 Å². The van der Waals surface area contributed by atoms with Crippen LogP contribution in [0.1, 0.15) is 20.3 Å². The Morgan fingerprint density at radius 1 is 1.33 bits per heavy atom. The van der Waals surface area contributed by atoms with Gasteiger partial charge in [0.15, 0.2) is 0 Å².